The molecule has 2 rings (SSSR count). The minimum atomic E-state index is 0.664. The van der Waals surface area contributed by atoms with Gasteiger partial charge < -0.3 is 5.32 Å². The highest BCUT2D eigenvalue weighted by atomic mass is 14.9. The van der Waals surface area contributed by atoms with Crippen LogP contribution in [0.4, 0.5) is 5.69 Å². The first kappa shape index (κ1) is 10.5. The van der Waals surface area contributed by atoms with Crippen LogP contribution >= 0.6 is 0 Å². The van der Waals surface area contributed by atoms with E-state index in [2.05, 4.69) is 23.3 Å². The highest BCUT2D eigenvalue weighted by molar-refractivity contribution is 5.40. The maximum atomic E-state index is 4.12. The van der Waals surface area contributed by atoms with E-state index in [0.29, 0.717) is 6.04 Å². The van der Waals surface area contributed by atoms with Gasteiger partial charge in [-0.05, 0) is 43.7 Å². The van der Waals surface area contributed by atoms with Gasteiger partial charge in [0.2, 0.25) is 0 Å². The number of aromatic nitrogens is 1. The zero-order valence-corrected chi connectivity index (χ0v) is 9.45. The molecule has 0 saturated heterocycles. The Hall–Kier alpha value is -1.05. The van der Waals surface area contributed by atoms with Crippen molar-refractivity contribution < 1.29 is 0 Å². The molecule has 0 spiro atoms. The molecule has 0 bridgehead atoms. The van der Waals surface area contributed by atoms with Crippen LogP contribution in [0.3, 0.4) is 0 Å². The summed E-state index contributed by atoms with van der Waals surface area (Å²) < 4.78 is 0. The van der Waals surface area contributed by atoms with Crippen molar-refractivity contribution in [2.24, 2.45) is 5.92 Å². The van der Waals surface area contributed by atoms with E-state index in [0.717, 1.165) is 11.6 Å². The first-order chi connectivity index (χ1) is 7.38. The molecule has 0 unspecified atom stereocenters. The van der Waals surface area contributed by atoms with Crippen molar-refractivity contribution in [3.8, 4) is 0 Å². The van der Waals surface area contributed by atoms with E-state index in [1.807, 2.05) is 18.5 Å². The molecule has 1 aliphatic rings. The second kappa shape index (κ2) is 5.15. The van der Waals surface area contributed by atoms with Crippen LogP contribution in [-0.4, -0.2) is 11.0 Å². The molecule has 0 radical (unpaired) electrons. The molecule has 2 heteroatoms. The highest BCUT2D eigenvalue weighted by Gasteiger charge is 2.19. The Morgan fingerprint density at radius 1 is 1.33 bits per heavy atom. The van der Waals surface area contributed by atoms with Gasteiger partial charge in [-0.15, -0.1) is 0 Å². The Bertz CT molecular complexity index is 276. The van der Waals surface area contributed by atoms with Crippen LogP contribution in [0.25, 0.3) is 0 Å². The SMILES string of the molecule is CCC1CCC(Nc2cccnc2)CC1. The first-order valence-electron chi connectivity index (χ1n) is 6.05. The van der Waals surface area contributed by atoms with E-state index in [1.165, 1.54) is 32.1 Å². The highest BCUT2D eigenvalue weighted by Crippen LogP contribution is 2.28. The summed E-state index contributed by atoms with van der Waals surface area (Å²) >= 11 is 0. The Labute approximate surface area is 92.1 Å². The second-order valence-electron chi connectivity index (χ2n) is 4.51. The lowest BCUT2D eigenvalue weighted by atomic mass is 9.84. The molecule has 0 aliphatic heterocycles. The number of nitrogens with one attached hydrogen (secondary N) is 1. The number of anilines is 1. The summed E-state index contributed by atoms with van der Waals surface area (Å²) in [4.78, 5) is 4.12. The van der Waals surface area contributed by atoms with Crippen molar-refractivity contribution >= 4 is 5.69 Å². The van der Waals surface area contributed by atoms with Crippen LogP contribution in [-0.2, 0) is 0 Å². The first-order valence-corrected chi connectivity index (χ1v) is 6.05. The lowest BCUT2D eigenvalue weighted by molar-refractivity contribution is 0.330. The molecule has 82 valence electrons. The van der Waals surface area contributed by atoms with Crippen molar-refractivity contribution in [2.45, 2.75) is 45.1 Å². The Balaban J connectivity index is 1.82. The lowest BCUT2D eigenvalue weighted by Crippen LogP contribution is -2.25. The topological polar surface area (TPSA) is 24.9 Å². The largest absolute Gasteiger partial charge is 0.381 e. The molecule has 1 aliphatic carbocycles. The number of rotatable bonds is 3. The molecule has 1 saturated carbocycles. The Morgan fingerprint density at radius 3 is 2.73 bits per heavy atom. The quantitative estimate of drug-likeness (QED) is 0.815. The smallest absolute Gasteiger partial charge is 0.0528 e. The Kier molecular flexibility index (Phi) is 3.59. The summed E-state index contributed by atoms with van der Waals surface area (Å²) in [6.07, 6.45) is 10.5. The van der Waals surface area contributed by atoms with Gasteiger partial charge in [0.25, 0.3) is 0 Å². The fourth-order valence-corrected chi connectivity index (χ4v) is 2.40. The van der Waals surface area contributed by atoms with Crippen LogP contribution < -0.4 is 5.32 Å². The van der Waals surface area contributed by atoms with E-state index >= 15 is 0 Å². The number of hydrogen-bond donors (Lipinski definition) is 1. The van der Waals surface area contributed by atoms with Crippen LogP contribution in [0.15, 0.2) is 24.5 Å². The molecule has 1 heterocycles. The summed E-state index contributed by atoms with van der Waals surface area (Å²) in [5, 5.41) is 3.56. The van der Waals surface area contributed by atoms with Gasteiger partial charge in [0.15, 0.2) is 0 Å². The monoisotopic (exact) mass is 204 g/mol. The molecular formula is C13H20N2. The van der Waals surface area contributed by atoms with Crippen LogP contribution in [0.2, 0.25) is 0 Å². The molecule has 1 aromatic heterocycles. The van der Waals surface area contributed by atoms with E-state index < -0.39 is 0 Å². The molecular weight excluding hydrogens is 184 g/mol. The van der Waals surface area contributed by atoms with Gasteiger partial charge in [-0.2, -0.15) is 0 Å². The van der Waals surface area contributed by atoms with E-state index in [-0.39, 0.29) is 0 Å². The molecule has 15 heavy (non-hydrogen) atoms. The van der Waals surface area contributed by atoms with Gasteiger partial charge in [0, 0.05) is 18.4 Å². The standard InChI is InChI=1S/C13H20N2/c1-2-11-5-7-12(8-6-11)15-13-4-3-9-14-10-13/h3-4,9-12,15H,2,5-8H2,1H3. The molecule has 0 aromatic carbocycles. The Morgan fingerprint density at radius 2 is 2.13 bits per heavy atom. The number of nitrogens with zero attached hydrogens (tertiary/aromatic N) is 1. The van der Waals surface area contributed by atoms with Crippen molar-refractivity contribution in [1.29, 1.82) is 0 Å². The third kappa shape index (κ3) is 2.95. The van der Waals surface area contributed by atoms with Gasteiger partial charge in [0.05, 0.1) is 5.69 Å². The van der Waals surface area contributed by atoms with Gasteiger partial charge in [-0.1, -0.05) is 13.3 Å². The third-order valence-corrected chi connectivity index (χ3v) is 3.46. The van der Waals surface area contributed by atoms with Gasteiger partial charge in [0.1, 0.15) is 0 Å². The van der Waals surface area contributed by atoms with Crippen LogP contribution in [0, 0.1) is 5.92 Å². The molecule has 2 nitrogen and oxygen atoms in total. The molecule has 0 amide bonds. The molecule has 1 N–H and O–H groups in total. The maximum absolute atomic E-state index is 4.12. The van der Waals surface area contributed by atoms with E-state index in [4.69, 9.17) is 0 Å². The predicted octanol–water partition coefficient (Wildman–Crippen LogP) is 3.46. The summed E-state index contributed by atoms with van der Waals surface area (Å²) in [5.74, 6) is 0.969. The fourth-order valence-electron chi connectivity index (χ4n) is 2.40. The summed E-state index contributed by atoms with van der Waals surface area (Å²) in [6, 6.07) is 4.75. The second-order valence-corrected chi connectivity index (χ2v) is 4.51. The van der Waals surface area contributed by atoms with Gasteiger partial charge >= 0.3 is 0 Å². The molecule has 1 fully saturated rings. The summed E-state index contributed by atoms with van der Waals surface area (Å²) in [6.45, 7) is 2.31. The molecule has 0 atom stereocenters. The minimum Gasteiger partial charge on any atom is -0.381 e. The van der Waals surface area contributed by atoms with Crippen molar-refractivity contribution in [3.63, 3.8) is 0 Å². The average molecular weight is 204 g/mol. The zero-order valence-electron chi connectivity index (χ0n) is 9.45. The number of pyridine rings is 1. The van der Waals surface area contributed by atoms with E-state index in [9.17, 15) is 0 Å². The minimum absolute atomic E-state index is 0.664. The molecule has 1 aromatic rings. The number of hydrogen-bond acceptors (Lipinski definition) is 2. The van der Waals surface area contributed by atoms with E-state index in [1.54, 1.807) is 0 Å². The average Bonchev–Trinajstić information content (AvgIpc) is 2.31. The third-order valence-electron chi connectivity index (χ3n) is 3.46. The van der Waals surface area contributed by atoms with Crippen LogP contribution in [0.1, 0.15) is 39.0 Å². The van der Waals surface area contributed by atoms with Gasteiger partial charge in [-0.25, -0.2) is 0 Å². The van der Waals surface area contributed by atoms with Crippen molar-refractivity contribution in [3.05, 3.63) is 24.5 Å². The fraction of sp³-hybridized carbons (Fsp3) is 0.615. The van der Waals surface area contributed by atoms with Gasteiger partial charge in [-0.3, -0.25) is 4.98 Å². The predicted molar refractivity (Wildman–Crippen MR) is 63.9 cm³/mol. The lowest BCUT2D eigenvalue weighted by Gasteiger charge is -2.29. The van der Waals surface area contributed by atoms with Crippen LogP contribution in [0.5, 0.6) is 0 Å². The van der Waals surface area contributed by atoms with Crippen molar-refractivity contribution in [1.82, 2.24) is 4.98 Å². The maximum Gasteiger partial charge on any atom is 0.0528 e. The zero-order chi connectivity index (χ0) is 10.5. The van der Waals surface area contributed by atoms with Crippen molar-refractivity contribution in [2.75, 3.05) is 5.32 Å². The summed E-state index contributed by atoms with van der Waals surface area (Å²) in [5.41, 5.74) is 1.16. The normalized spacial score (nSPS) is 26.2. The summed E-state index contributed by atoms with van der Waals surface area (Å²) in [7, 11) is 0.